The fraction of sp³-hybridized carbons (Fsp3) is 0.609. The molecule has 0 rings (SSSR count). The SMILES string of the molecule is CC/C=C\C/C=C\C/C=C\C/C=C\C/C=C\C/C=C\CCC(=O)OC(COC(=O)CCCCCCC/C=C\C/C=C\CCC)COC(=O)CCCCCCCCCCCCCC/C=C\C/C=C\C/C=C\C/C=C\CC. The van der Waals surface area contributed by atoms with Crippen LogP contribution in [0.2, 0.25) is 0 Å². The highest BCUT2D eigenvalue weighted by Crippen LogP contribution is 2.15. The lowest BCUT2D eigenvalue weighted by Crippen LogP contribution is -2.30. The van der Waals surface area contributed by atoms with Gasteiger partial charge in [0.15, 0.2) is 6.10 Å². The minimum atomic E-state index is -0.832. The Morgan fingerprint density at radius 3 is 0.867 bits per heavy atom. The van der Waals surface area contributed by atoms with Crippen LogP contribution in [0.5, 0.6) is 0 Å². The standard InChI is InChI=1S/C69H110O6/c1-4-7-10-13-16-19-22-25-27-29-31-32-33-34-35-36-38-39-41-44-47-50-53-56-59-62-68(71)74-65-66(64-73-67(70)61-58-55-52-49-46-43-24-21-18-15-12-9-6-3)75-69(72)63-60-57-54-51-48-45-42-40-37-30-28-26-23-20-17-14-11-8-5-2/h7-8,10-12,15-17,19-21,24-28,31-32,37,40,45,48,54,57,66H,4-6,9,13-14,18,22-23,29-30,33-36,38-39,41-44,46-47,49-53,55-56,58-65H2,1-3H3/b10-7-,11-8-,15-12-,19-16-,20-17-,24-21-,27-25-,28-26-,32-31-,40-37-,48-45-,57-54-. The average molecular weight is 1040 g/mol. The van der Waals surface area contributed by atoms with Crippen LogP contribution in [0.4, 0.5) is 0 Å². The first kappa shape index (κ1) is 70.3. The van der Waals surface area contributed by atoms with Crippen LogP contribution in [0.3, 0.4) is 0 Å². The normalized spacial score (nSPS) is 13.2. The van der Waals surface area contributed by atoms with E-state index in [1.54, 1.807) is 0 Å². The highest BCUT2D eigenvalue weighted by atomic mass is 16.6. The third kappa shape index (κ3) is 60.0. The number of carbonyl (C=O) groups excluding carboxylic acids is 3. The number of carbonyl (C=O) groups is 3. The second-order valence-corrected chi connectivity index (χ2v) is 19.5. The van der Waals surface area contributed by atoms with Crippen LogP contribution < -0.4 is 0 Å². The lowest BCUT2D eigenvalue weighted by Gasteiger charge is -2.18. The van der Waals surface area contributed by atoms with Crippen LogP contribution in [-0.2, 0) is 28.6 Å². The van der Waals surface area contributed by atoms with Gasteiger partial charge in [-0.25, -0.2) is 0 Å². The Hall–Kier alpha value is -4.71. The highest BCUT2D eigenvalue weighted by molar-refractivity contribution is 5.71. The summed E-state index contributed by atoms with van der Waals surface area (Å²) in [7, 11) is 0. The molecule has 0 N–H and O–H groups in total. The van der Waals surface area contributed by atoms with Crippen molar-refractivity contribution < 1.29 is 28.6 Å². The van der Waals surface area contributed by atoms with Crippen molar-refractivity contribution in [2.24, 2.45) is 0 Å². The Morgan fingerprint density at radius 2 is 0.547 bits per heavy atom. The van der Waals surface area contributed by atoms with E-state index in [2.05, 4.69) is 154 Å². The minimum Gasteiger partial charge on any atom is -0.462 e. The molecular formula is C69H110O6. The predicted octanol–water partition coefficient (Wildman–Crippen LogP) is 20.8. The predicted molar refractivity (Wildman–Crippen MR) is 325 cm³/mol. The molecular weight excluding hydrogens is 925 g/mol. The molecule has 1 atom stereocenters. The van der Waals surface area contributed by atoms with Gasteiger partial charge >= 0.3 is 17.9 Å². The molecule has 75 heavy (non-hydrogen) atoms. The van der Waals surface area contributed by atoms with E-state index in [1.807, 2.05) is 12.2 Å². The molecule has 0 radical (unpaired) electrons. The highest BCUT2D eigenvalue weighted by Gasteiger charge is 2.19. The second kappa shape index (κ2) is 61.8. The molecule has 6 nitrogen and oxygen atoms in total. The van der Waals surface area contributed by atoms with Gasteiger partial charge in [0, 0.05) is 19.3 Å². The Bertz CT molecular complexity index is 1660. The van der Waals surface area contributed by atoms with Crippen molar-refractivity contribution in [1.29, 1.82) is 0 Å². The van der Waals surface area contributed by atoms with E-state index in [1.165, 1.54) is 70.6 Å². The van der Waals surface area contributed by atoms with Crippen molar-refractivity contribution in [3.8, 4) is 0 Å². The smallest absolute Gasteiger partial charge is 0.306 e. The molecule has 0 fully saturated rings. The van der Waals surface area contributed by atoms with Crippen LogP contribution in [0, 0.1) is 0 Å². The van der Waals surface area contributed by atoms with Gasteiger partial charge in [-0.15, -0.1) is 0 Å². The van der Waals surface area contributed by atoms with Gasteiger partial charge in [-0.2, -0.15) is 0 Å². The van der Waals surface area contributed by atoms with E-state index in [-0.39, 0.29) is 31.6 Å². The number of unbranched alkanes of at least 4 members (excludes halogenated alkanes) is 18. The molecule has 0 aliphatic carbocycles. The van der Waals surface area contributed by atoms with Gasteiger partial charge in [-0.1, -0.05) is 256 Å². The average Bonchev–Trinajstić information content (AvgIpc) is 3.41. The number of ether oxygens (including phenoxy) is 3. The Balaban J connectivity index is 4.44. The van der Waals surface area contributed by atoms with Gasteiger partial charge in [0.05, 0.1) is 0 Å². The fourth-order valence-corrected chi connectivity index (χ4v) is 7.85. The molecule has 0 aliphatic rings. The van der Waals surface area contributed by atoms with E-state index in [0.29, 0.717) is 19.3 Å². The zero-order chi connectivity index (χ0) is 54.3. The van der Waals surface area contributed by atoms with Crippen LogP contribution in [0.15, 0.2) is 146 Å². The van der Waals surface area contributed by atoms with Crippen molar-refractivity contribution in [3.63, 3.8) is 0 Å². The quantitative estimate of drug-likeness (QED) is 0.0261. The second-order valence-electron chi connectivity index (χ2n) is 19.5. The third-order valence-corrected chi connectivity index (χ3v) is 12.3. The Morgan fingerprint density at radius 1 is 0.280 bits per heavy atom. The third-order valence-electron chi connectivity index (χ3n) is 12.3. The number of esters is 3. The molecule has 0 saturated heterocycles. The maximum absolute atomic E-state index is 12.8. The summed E-state index contributed by atoms with van der Waals surface area (Å²) in [5.41, 5.74) is 0. The van der Waals surface area contributed by atoms with Gasteiger partial charge in [0.25, 0.3) is 0 Å². The lowest BCUT2D eigenvalue weighted by atomic mass is 10.0. The first-order valence-electron chi connectivity index (χ1n) is 30.3. The zero-order valence-electron chi connectivity index (χ0n) is 48.3. The summed E-state index contributed by atoms with van der Waals surface area (Å²) in [5.74, 6) is -1.02. The molecule has 0 aliphatic heterocycles. The van der Waals surface area contributed by atoms with Crippen molar-refractivity contribution in [2.75, 3.05) is 13.2 Å². The lowest BCUT2D eigenvalue weighted by molar-refractivity contribution is -0.166. The van der Waals surface area contributed by atoms with Crippen molar-refractivity contribution in [2.45, 2.75) is 258 Å². The molecule has 0 aromatic heterocycles. The number of rotatable bonds is 53. The molecule has 0 saturated carbocycles. The van der Waals surface area contributed by atoms with Gasteiger partial charge in [0.2, 0.25) is 0 Å². The van der Waals surface area contributed by atoms with Crippen molar-refractivity contribution in [3.05, 3.63) is 146 Å². The molecule has 0 amide bonds. The van der Waals surface area contributed by atoms with E-state index in [9.17, 15) is 14.4 Å². The van der Waals surface area contributed by atoms with E-state index >= 15 is 0 Å². The topological polar surface area (TPSA) is 78.9 Å². The van der Waals surface area contributed by atoms with Crippen molar-refractivity contribution >= 4 is 17.9 Å². The Labute approximate surface area is 461 Å². The summed E-state index contributed by atoms with van der Waals surface area (Å²) in [6, 6.07) is 0. The molecule has 422 valence electrons. The maximum atomic E-state index is 12.8. The molecule has 0 heterocycles. The van der Waals surface area contributed by atoms with Gasteiger partial charge in [-0.3, -0.25) is 14.4 Å². The molecule has 6 heteroatoms. The number of hydrogen-bond donors (Lipinski definition) is 0. The first-order valence-corrected chi connectivity index (χ1v) is 30.3. The van der Waals surface area contributed by atoms with Crippen LogP contribution >= 0.6 is 0 Å². The maximum Gasteiger partial charge on any atom is 0.306 e. The summed E-state index contributed by atoms with van der Waals surface area (Å²) in [5, 5.41) is 0. The largest absolute Gasteiger partial charge is 0.462 e. The summed E-state index contributed by atoms with van der Waals surface area (Å²) in [4.78, 5) is 38.2. The minimum absolute atomic E-state index is 0.119. The van der Waals surface area contributed by atoms with E-state index < -0.39 is 12.1 Å². The zero-order valence-corrected chi connectivity index (χ0v) is 48.3. The van der Waals surface area contributed by atoms with Crippen LogP contribution in [0.25, 0.3) is 0 Å². The monoisotopic (exact) mass is 1030 g/mol. The van der Waals surface area contributed by atoms with E-state index in [0.717, 1.165) is 135 Å². The summed E-state index contributed by atoms with van der Waals surface area (Å²) < 4.78 is 16.8. The molecule has 0 aromatic rings. The van der Waals surface area contributed by atoms with E-state index in [4.69, 9.17) is 14.2 Å². The summed E-state index contributed by atoms with van der Waals surface area (Å²) >= 11 is 0. The Kier molecular flexibility index (Phi) is 58.0. The van der Waals surface area contributed by atoms with Gasteiger partial charge < -0.3 is 14.2 Å². The number of allylic oxidation sites excluding steroid dienone is 24. The fourth-order valence-electron chi connectivity index (χ4n) is 7.85. The van der Waals surface area contributed by atoms with Gasteiger partial charge in [0.1, 0.15) is 13.2 Å². The number of hydrogen-bond acceptors (Lipinski definition) is 6. The molecule has 0 bridgehead atoms. The van der Waals surface area contributed by atoms with Gasteiger partial charge in [-0.05, 0) is 122 Å². The molecule has 0 spiro atoms. The molecule has 1 unspecified atom stereocenters. The summed E-state index contributed by atoms with van der Waals surface area (Å²) in [6.45, 7) is 6.27. The molecule has 0 aromatic carbocycles. The van der Waals surface area contributed by atoms with Crippen LogP contribution in [-0.4, -0.2) is 37.2 Å². The first-order chi connectivity index (χ1) is 37.0. The van der Waals surface area contributed by atoms with Crippen molar-refractivity contribution in [1.82, 2.24) is 0 Å². The van der Waals surface area contributed by atoms with Crippen LogP contribution in [0.1, 0.15) is 252 Å². The summed E-state index contributed by atoms with van der Waals surface area (Å²) in [6.07, 6.45) is 88.6.